The second-order valence-corrected chi connectivity index (χ2v) is 7.88. The fourth-order valence-electron chi connectivity index (χ4n) is 4.00. The van der Waals surface area contributed by atoms with E-state index in [4.69, 9.17) is 0 Å². The van der Waals surface area contributed by atoms with Gasteiger partial charge in [-0.3, -0.25) is 10.1 Å². The predicted octanol–water partition coefficient (Wildman–Crippen LogP) is 6.25. The number of phenols is 3. The Morgan fingerprint density at radius 1 is 0.694 bits per heavy atom. The summed E-state index contributed by atoms with van der Waals surface area (Å²) >= 11 is 0. The lowest BCUT2D eigenvalue weighted by Crippen LogP contribution is -1.99. The summed E-state index contributed by atoms with van der Waals surface area (Å²) < 4.78 is 0. The van der Waals surface area contributed by atoms with E-state index in [9.17, 15) is 30.5 Å². The van der Waals surface area contributed by atoms with Gasteiger partial charge in [-0.2, -0.15) is 10.2 Å². The van der Waals surface area contributed by atoms with Crippen molar-refractivity contribution < 1.29 is 25.3 Å². The van der Waals surface area contributed by atoms with Gasteiger partial charge in [0, 0.05) is 22.5 Å². The Morgan fingerprint density at radius 3 is 1.92 bits per heavy atom. The molecule has 0 fully saturated rings. The van der Waals surface area contributed by atoms with Crippen molar-refractivity contribution in [3.63, 3.8) is 0 Å². The molecule has 0 unspecified atom stereocenters. The highest BCUT2D eigenvalue weighted by Gasteiger charge is 2.24. The number of nitrogens with zero attached hydrogens (tertiary/aromatic N) is 3. The van der Waals surface area contributed by atoms with Gasteiger partial charge in [-0.1, -0.05) is 23.9 Å². The van der Waals surface area contributed by atoms with E-state index in [-0.39, 0.29) is 16.5 Å². The fraction of sp³-hybridized carbons (Fsp3) is 0. The molecule has 178 valence electrons. The molecule has 0 aliphatic rings. The first-order valence-electron chi connectivity index (χ1n) is 10.7. The summed E-state index contributed by atoms with van der Waals surface area (Å²) in [6, 6.07) is 20.7. The molecule has 10 heteroatoms. The summed E-state index contributed by atoms with van der Waals surface area (Å²) in [4.78, 5) is 10.8. The maximum atomic E-state index is 13.2. The van der Waals surface area contributed by atoms with E-state index in [0.29, 0.717) is 17.1 Å². The van der Waals surface area contributed by atoms with Gasteiger partial charge in [0.2, 0.25) is 0 Å². The summed E-state index contributed by atoms with van der Waals surface area (Å²) in [6.45, 7) is 0. The van der Waals surface area contributed by atoms with Crippen molar-refractivity contribution in [3.8, 4) is 23.0 Å². The number of azo groups is 1. The molecular formula is C26H17N4O6-. The number of rotatable bonds is 5. The second-order valence-electron chi connectivity index (χ2n) is 7.88. The number of phenolic OH excluding ortho intramolecular Hbond substituents is 3. The van der Waals surface area contributed by atoms with Gasteiger partial charge in [0.15, 0.2) is 0 Å². The number of nitrogens with one attached hydrogen (secondary N) is 1. The van der Waals surface area contributed by atoms with Crippen LogP contribution in [0.1, 0.15) is 0 Å². The highest BCUT2D eigenvalue weighted by atomic mass is 16.6. The molecule has 5 aromatic carbocycles. The molecule has 5 rings (SSSR count). The van der Waals surface area contributed by atoms with Crippen LogP contribution >= 0.6 is 0 Å². The third-order valence-corrected chi connectivity index (χ3v) is 5.65. The fourth-order valence-corrected chi connectivity index (χ4v) is 4.00. The van der Waals surface area contributed by atoms with Gasteiger partial charge in [0.1, 0.15) is 22.6 Å². The third kappa shape index (κ3) is 3.82. The van der Waals surface area contributed by atoms with Crippen molar-refractivity contribution in [2.75, 3.05) is 5.32 Å². The number of non-ortho nitro benzene ring substituents is 1. The predicted molar refractivity (Wildman–Crippen MR) is 133 cm³/mol. The number of anilines is 2. The van der Waals surface area contributed by atoms with Crippen LogP contribution in [0, 0.1) is 10.1 Å². The monoisotopic (exact) mass is 481 g/mol. The van der Waals surface area contributed by atoms with E-state index in [1.54, 1.807) is 24.3 Å². The molecule has 10 nitrogen and oxygen atoms in total. The smallest absolute Gasteiger partial charge is 0.281 e. The highest BCUT2D eigenvalue weighted by molar-refractivity contribution is 6.20. The first-order valence-corrected chi connectivity index (χ1v) is 10.7. The molecule has 5 aromatic rings. The van der Waals surface area contributed by atoms with Crippen LogP contribution in [0.2, 0.25) is 0 Å². The van der Waals surface area contributed by atoms with E-state index in [2.05, 4.69) is 15.5 Å². The van der Waals surface area contributed by atoms with Crippen LogP contribution in [-0.4, -0.2) is 20.2 Å². The minimum atomic E-state index is -0.850. The Labute approximate surface area is 203 Å². The molecule has 0 saturated carbocycles. The molecule has 0 heterocycles. The molecule has 0 spiro atoms. The summed E-state index contributed by atoms with van der Waals surface area (Å²) in [5.74, 6) is -2.46. The number of aromatic hydroxyl groups is 3. The zero-order chi connectivity index (χ0) is 25.4. The molecule has 4 N–H and O–H groups in total. The Balaban J connectivity index is 1.60. The van der Waals surface area contributed by atoms with Gasteiger partial charge >= 0.3 is 0 Å². The molecule has 0 aliphatic carbocycles. The molecule has 0 bridgehead atoms. The van der Waals surface area contributed by atoms with Crippen LogP contribution in [0.5, 0.6) is 23.0 Å². The standard InChI is InChI=1S/C26H18N4O6/c31-19-12-10-17(27-14-6-8-16(9-7-14)29-28-15-4-2-1-3-5-15)21-23(19)26(34)24-20(32)13-11-18(30(35)36)22(24)25(21)33/h1-13,27,31-34H/p-1. The molecule has 0 aliphatic heterocycles. The van der Waals surface area contributed by atoms with Crippen molar-refractivity contribution in [2.45, 2.75) is 0 Å². The van der Waals surface area contributed by atoms with E-state index < -0.39 is 44.4 Å². The second kappa shape index (κ2) is 8.76. The largest absolute Gasteiger partial charge is 0.871 e. The normalized spacial score (nSPS) is 11.3. The summed E-state index contributed by atoms with van der Waals surface area (Å²) in [7, 11) is 0. The first-order chi connectivity index (χ1) is 17.3. The molecule has 0 aromatic heterocycles. The topological polar surface area (TPSA) is 164 Å². The number of nitro groups is 1. The van der Waals surface area contributed by atoms with Crippen molar-refractivity contribution in [3.05, 3.63) is 89.0 Å². The number of benzene rings is 5. The van der Waals surface area contributed by atoms with Crippen molar-refractivity contribution >= 4 is 50.0 Å². The summed E-state index contributed by atoms with van der Waals surface area (Å²) in [5, 5.41) is 66.6. The molecule has 0 saturated heterocycles. The van der Waals surface area contributed by atoms with Gasteiger partial charge in [-0.05, 0) is 54.6 Å². The maximum absolute atomic E-state index is 13.2. The van der Waals surface area contributed by atoms with Gasteiger partial charge < -0.3 is 25.7 Å². The van der Waals surface area contributed by atoms with Crippen LogP contribution < -0.4 is 10.4 Å². The number of hydrogen-bond acceptors (Lipinski definition) is 9. The number of nitro benzene ring substituents is 1. The first kappa shape index (κ1) is 22.4. The Bertz CT molecular complexity index is 1670. The van der Waals surface area contributed by atoms with Gasteiger partial charge in [-0.15, -0.1) is 0 Å². The van der Waals surface area contributed by atoms with Crippen LogP contribution in [0.4, 0.5) is 28.4 Å². The van der Waals surface area contributed by atoms with E-state index in [0.717, 1.165) is 12.1 Å². The van der Waals surface area contributed by atoms with Gasteiger partial charge in [-0.25, -0.2) is 0 Å². The Hall–Kier alpha value is -5.38. The van der Waals surface area contributed by atoms with E-state index in [1.807, 2.05) is 30.3 Å². The lowest BCUT2D eigenvalue weighted by molar-refractivity contribution is -0.383. The lowest BCUT2D eigenvalue weighted by atomic mass is 9.96. The van der Waals surface area contributed by atoms with E-state index >= 15 is 0 Å². The number of hydrogen-bond donors (Lipinski definition) is 4. The molecule has 0 radical (unpaired) electrons. The summed E-state index contributed by atoms with van der Waals surface area (Å²) in [5.41, 5.74) is 1.50. The zero-order valence-electron chi connectivity index (χ0n) is 18.4. The maximum Gasteiger partial charge on any atom is 0.281 e. The van der Waals surface area contributed by atoms with E-state index in [1.165, 1.54) is 12.1 Å². The minimum absolute atomic E-state index is 0.117. The van der Waals surface area contributed by atoms with Crippen LogP contribution in [0.15, 0.2) is 89.1 Å². The third-order valence-electron chi connectivity index (χ3n) is 5.65. The average Bonchev–Trinajstić information content (AvgIpc) is 2.88. The van der Waals surface area contributed by atoms with Gasteiger partial charge in [0.25, 0.3) is 5.69 Å². The average molecular weight is 481 g/mol. The van der Waals surface area contributed by atoms with Gasteiger partial charge in [0.05, 0.1) is 27.4 Å². The minimum Gasteiger partial charge on any atom is -0.871 e. The molecule has 0 atom stereocenters. The van der Waals surface area contributed by atoms with Crippen molar-refractivity contribution in [1.29, 1.82) is 0 Å². The molecular weight excluding hydrogens is 464 g/mol. The quantitative estimate of drug-likeness (QED) is 0.0757. The SMILES string of the molecule is O=[N+]([O-])c1ccc(O)c2c([O-])c3c(O)ccc(Nc4ccc(N=Nc5ccccc5)cc4)c3c(O)c12. The zero-order valence-corrected chi connectivity index (χ0v) is 18.4. The van der Waals surface area contributed by atoms with Crippen LogP contribution in [0.25, 0.3) is 21.5 Å². The summed E-state index contributed by atoms with van der Waals surface area (Å²) in [6.07, 6.45) is 0. The molecule has 36 heavy (non-hydrogen) atoms. The Kier molecular flexibility index (Phi) is 5.46. The molecule has 0 amide bonds. The van der Waals surface area contributed by atoms with Crippen LogP contribution in [0.3, 0.4) is 0 Å². The van der Waals surface area contributed by atoms with Crippen molar-refractivity contribution in [1.82, 2.24) is 0 Å². The number of fused-ring (bicyclic) bond motifs is 2. The Morgan fingerprint density at radius 2 is 1.28 bits per heavy atom. The highest BCUT2D eigenvalue weighted by Crippen LogP contribution is 2.52. The lowest BCUT2D eigenvalue weighted by Gasteiger charge is -2.21. The van der Waals surface area contributed by atoms with Crippen LogP contribution in [-0.2, 0) is 0 Å². The van der Waals surface area contributed by atoms with Crippen molar-refractivity contribution in [2.24, 2.45) is 10.2 Å².